The molecule has 0 bridgehead atoms. The predicted octanol–water partition coefficient (Wildman–Crippen LogP) is 4.86. The average Bonchev–Trinajstić information content (AvgIpc) is 2.68. The molecule has 0 aliphatic rings. The van der Waals surface area contributed by atoms with Gasteiger partial charge in [0.1, 0.15) is 11.6 Å². The Bertz CT molecular complexity index is 884. The lowest BCUT2D eigenvalue weighted by Crippen LogP contribution is -2.13. The van der Waals surface area contributed by atoms with Crippen molar-refractivity contribution in [3.05, 3.63) is 58.1 Å². The van der Waals surface area contributed by atoms with Crippen LogP contribution in [0.4, 0.5) is 5.69 Å². The van der Waals surface area contributed by atoms with Gasteiger partial charge >= 0.3 is 0 Å². The first-order chi connectivity index (χ1) is 13.0. The summed E-state index contributed by atoms with van der Waals surface area (Å²) in [4.78, 5) is 12.4. The normalized spacial score (nSPS) is 10.9. The Balaban J connectivity index is 2.29. The van der Waals surface area contributed by atoms with Crippen molar-refractivity contribution in [2.75, 3.05) is 19.0 Å². The Morgan fingerprint density at radius 2 is 1.93 bits per heavy atom. The molecule has 27 heavy (non-hydrogen) atoms. The van der Waals surface area contributed by atoms with Crippen molar-refractivity contribution in [3.63, 3.8) is 0 Å². The topological polar surface area (TPSA) is 71.3 Å². The first-order valence-electron chi connectivity index (χ1n) is 8.54. The van der Waals surface area contributed by atoms with Crippen LogP contribution in [0.3, 0.4) is 0 Å². The van der Waals surface area contributed by atoms with E-state index in [1.54, 1.807) is 24.3 Å². The number of aryl methyl sites for hydroxylation is 1. The maximum atomic E-state index is 12.4. The second kappa shape index (κ2) is 9.65. The molecule has 0 radical (unpaired) electrons. The van der Waals surface area contributed by atoms with Crippen molar-refractivity contribution < 1.29 is 14.3 Å². The third-order valence-electron chi connectivity index (χ3n) is 3.87. The molecular weight excluding hydrogens is 364 g/mol. The molecule has 1 amide bonds. The fraction of sp³-hybridized carbons (Fsp3) is 0.238. The molecule has 2 aromatic carbocycles. The molecule has 0 aliphatic carbocycles. The summed E-state index contributed by atoms with van der Waals surface area (Å²) in [6.07, 6.45) is 2.34. The van der Waals surface area contributed by atoms with Gasteiger partial charge in [0.2, 0.25) is 0 Å². The van der Waals surface area contributed by atoms with Gasteiger partial charge in [-0.05, 0) is 48.7 Å². The molecule has 0 saturated carbocycles. The molecule has 6 heteroatoms. The van der Waals surface area contributed by atoms with Gasteiger partial charge in [-0.3, -0.25) is 4.79 Å². The smallest absolute Gasteiger partial charge is 0.266 e. The summed E-state index contributed by atoms with van der Waals surface area (Å²) < 4.78 is 10.8. The monoisotopic (exact) mass is 384 g/mol. The molecule has 0 heterocycles. The van der Waals surface area contributed by atoms with Gasteiger partial charge in [-0.1, -0.05) is 30.7 Å². The minimum Gasteiger partial charge on any atom is -0.493 e. The van der Waals surface area contributed by atoms with Crippen molar-refractivity contribution in [1.29, 1.82) is 5.26 Å². The number of nitrogens with zero attached hydrogens (tertiary/aromatic N) is 1. The van der Waals surface area contributed by atoms with Gasteiger partial charge in [0, 0.05) is 11.8 Å². The maximum absolute atomic E-state index is 12.4. The number of benzene rings is 2. The largest absolute Gasteiger partial charge is 0.493 e. The van der Waals surface area contributed by atoms with Crippen LogP contribution >= 0.6 is 11.6 Å². The van der Waals surface area contributed by atoms with Gasteiger partial charge in [-0.25, -0.2) is 0 Å². The third-order valence-corrected chi connectivity index (χ3v) is 4.20. The fourth-order valence-electron chi connectivity index (χ4n) is 2.42. The SMILES string of the molecule is CCOc1cc(/C=C(\C#N)C(=O)Nc2ccc(CC)cc2)c(Cl)cc1OC. The predicted molar refractivity (Wildman–Crippen MR) is 107 cm³/mol. The molecule has 0 unspecified atom stereocenters. The van der Waals surface area contributed by atoms with Crippen LogP contribution in [-0.2, 0) is 11.2 Å². The van der Waals surface area contributed by atoms with Crippen LogP contribution in [0.25, 0.3) is 6.08 Å². The fourth-order valence-corrected chi connectivity index (χ4v) is 2.62. The molecule has 0 saturated heterocycles. The highest BCUT2D eigenvalue weighted by Crippen LogP contribution is 2.34. The van der Waals surface area contributed by atoms with Gasteiger partial charge in [0.25, 0.3) is 5.91 Å². The van der Waals surface area contributed by atoms with E-state index in [1.807, 2.05) is 25.1 Å². The molecular formula is C21H21ClN2O3. The number of nitriles is 1. The second-order valence-corrected chi connectivity index (χ2v) is 6.04. The van der Waals surface area contributed by atoms with Crippen molar-refractivity contribution in [2.24, 2.45) is 0 Å². The number of carbonyl (C=O) groups is 1. The van der Waals surface area contributed by atoms with E-state index in [0.717, 1.165) is 12.0 Å². The van der Waals surface area contributed by atoms with E-state index in [2.05, 4.69) is 12.2 Å². The van der Waals surface area contributed by atoms with Gasteiger partial charge in [0.05, 0.1) is 18.7 Å². The third kappa shape index (κ3) is 5.25. The summed E-state index contributed by atoms with van der Waals surface area (Å²) in [5.74, 6) is 0.466. The van der Waals surface area contributed by atoms with Crippen LogP contribution in [0, 0.1) is 11.3 Å². The number of methoxy groups -OCH3 is 1. The molecule has 0 spiro atoms. The van der Waals surface area contributed by atoms with E-state index in [-0.39, 0.29) is 5.57 Å². The first kappa shape index (κ1) is 20.3. The molecule has 140 valence electrons. The lowest BCUT2D eigenvalue weighted by atomic mass is 10.1. The molecule has 2 aromatic rings. The zero-order chi connectivity index (χ0) is 19.8. The van der Waals surface area contributed by atoms with E-state index in [9.17, 15) is 10.1 Å². The molecule has 5 nitrogen and oxygen atoms in total. The van der Waals surface area contributed by atoms with Crippen LogP contribution in [0.15, 0.2) is 42.0 Å². The summed E-state index contributed by atoms with van der Waals surface area (Å²) in [6.45, 7) is 4.35. The standard InChI is InChI=1S/C21H21ClN2O3/c1-4-14-6-8-17(9-7-14)24-21(25)16(13-23)10-15-11-20(27-5-2)19(26-3)12-18(15)22/h6-12H,4-5H2,1-3H3,(H,24,25)/b16-10+. The summed E-state index contributed by atoms with van der Waals surface area (Å²) in [6, 6.07) is 12.6. The number of hydrogen-bond donors (Lipinski definition) is 1. The van der Waals surface area contributed by atoms with Gasteiger partial charge in [0.15, 0.2) is 11.5 Å². The lowest BCUT2D eigenvalue weighted by Gasteiger charge is -2.11. The number of amides is 1. The quantitative estimate of drug-likeness (QED) is 0.546. The highest BCUT2D eigenvalue weighted by atomic mass is 35.5. The van der Waals surface area contributed by atoms with Crippen molar-refractivity contribution in [2.45, 2.75) is 20.3 Å². The number of anilines is 1. The highest BCUT2D eigenvalue weighted by Gasteiger charge is 2.14. The Morgan fingerprint density at radius 1 is 1.22 bits per heavy atom. The van der Waals surface area contributed by atoms with Crippen molar-refractivity contribution >= 4 is 29.3 Å². The summed E-state index contributed by atoms with van der Waals surface area (Å²) in [5, 5.41) is 12.5. The van der Waals surface area contributed by atoms with Gasteiger partial charge in [-0.15, -0.1) is 0 Å². The summed E-state index contributed by atoms with van der Waals surface area (Å²) in [7, 11) is 1.52. The van der Waals surface area contributed by atoms with E-state index in [0.29, 0.717) is 34.4 Å². The lowest BCUT2D eigenvalue weighted by molar-refractivity contribution is -0.112. The molecule has 2 rings (SSSR count). The molecule has 0 atom stereocenters. The highest BCUT2D eigenvalue weighted by molar-refractivity contribution is 6.32. The minimum atomic E-state index is -0.508. The second-order valence-electron chi connectivity index (χ2n) is 5.63. The molecule has 0 aromatic heterocycles. The molecule has 0 aliphatic heterocycles. The van der Waals surface area contributed by atoms with E-state index >= 15 is 0 Å². The minimum absolute atomic E-state index is 0.0657. The first-order valence-corrected chi connectivity index (χ1v) is 8.92. The van der Waals surface area contributed by atoms with Crippen LogP contribution < -0.4 is 14.8 Å². The average molecular weight is 385 g/mol. The number of hydrogen-bond acceptors (Lipinski definition) is 4. The van der Waals surface area contributed by atoms with E-state index in [4.69, 9.17) is 21.1 Å². The molecule has 1 N–H and O–H groups in total. The maximum Gasteiger partial charge on any atom is 0.266 e. The van der Waals surface area contributed by atoms with Crippen LogP contribution in [0.2, 0.25) is 5.02 Å². The number of ether oxygens (including phenoxy) is 2. The number of halogens is 1. The van der Waals surface area contributed by atoms with Crippen LogP contribution in [0.5, 0.6) is 11.5 Å². The summed E-state index contributed by atoms with van der Waals surface area (Å²) in [5.41, 5.74) is 2.21. The Kier molecular flexibility index (Phi) is 7.27. The molecule has 0 fully saturated rings. The van der Waals surface area contributed by atoms with Crippen LogP contribution in [0.1, 0.15) is 25.0 Å². The van der Waals surface area contributed by atoms with Gasteiger partial charge in [-0.2, -0.15) is 5.26 Å². The Hall–Kier alpha value is -2.97. The van der Waals surface area contributed by atoms with E-state index < -0.39 is 5.91 Å². The number of rotatable bonds is 7. The Morgan fingerprint density at radius 3 is 2.48 bits per heavy atom. The number of nitrogens with one attached hydrogen (secondary N) is 1. The van der Waals surface area contributed by atoms with Crippen molar-refractivity contribution in [1.82, 2.24) is 0 Å². The summed E-state index contributed by atoms with van der Waals surface area (Å²) >= 11 is 6.26. The van der Waals surface area contributed by atoms with Crippen LogP contribution in [-0.4, -0.2) is 19.6 Å². The van der Waals surface area contributed by atoms with Crippen molar-refractivity contribution in [3.8, 4) is 17.6 Å². The number of carbonyl (C=O) groups excluding carboxylic acids is 1. The zero-order valence-electron chi connectivity index (χ0n) is 15.5. The zero-order valence-corrected chi connectivity index (χ0v) is 16.3. The van der Waals surface area contributed by atoms with E-state index in [1.165, 1.54) is 13.2 Å². The van der Waals surface area contributed by atoms with Gasteiger partial charge < -0.3 is 14.8 Å². The Labute approximate surface area is 164 Å².